The summed E-state index contributed by atoms with van der Waals surface area (Å²) in [6, 6.07) is 3.77. The lowest BCUT2D eigenvalue weighted by Crippen LogP contribution is -1.95. The van der Waals surface area contributed by atoms with Crippen molar-refractivity contribution in [2.75, 3.05) is 7.11 Å². The van der Waals surface area contributed by atoms with E-state index in [1.54, 1.807) is 7.11 Å². The van der Waals surface area contributed by atoms with Crippen molar-refractivity contribution < 1.29 is 9.15 Å². The Morgan fingerprint density at radius 2 is 2.22 bits per heavy atom. The molecule has 0 saturated heterocycles. The summed E-state index contributed by atoms with van der Waals surface area (Å²) in [5.74, 6) is 1.88. The summed E-state index contributed by atoms with van der Waals surface area (Å²) >= 11 is 1.42. The van der Waals surface area contributed by atoms with Crippen LogP contribution in [-0.4, -0.2) is 22.3 Å². The van der Waals surface area contributed by atoms with E-state index < -0.39 is 0 Å². The first-order valence-electron chi connectivity index (χ1n) is 5.38. The van der Waals surface area contributed by atoms with Crippen molar-refractivity contribution in [3.63, 3.8) is 0 Å². The first kappa shape index (κ1) is 12.8. The number of nitrogens with two attached hydrogens (primary N) is 1. The Morgan fingerprint density at radius 3 is 2.89 bits per heavy atom. The van der Waals surface area contributed by atoms with Crippen LogP contribution in [0.5, 0.6) is 5.75 Å². The van der Waals surface area contributed by atoms with Crippen molar-refractivity contribution in [1.82, 2.24) is 15.2 Å². The predicted octanol–water partition coefficient (Wildman–Crippen LogP) is 1.53. The van der Waals surface area contributed by atoms with Crippen LogP contribution in [0.1, 0.15) is 17.3 Å². The molecule has 2 rings (SSSR count). The molecule has 6 nitrogen and oxygen atoms in total. The Balaban J connectivity index is 2.03. The minimum Gasteiger partial charge on any atom is -0.497 e. The third kappa shape index (κ3) is 3.21. The summed E-state index contributed by atoms with van der Waals surface area (Å²) in [6.45, 7) is 2.18. The maximum absolute atomic E-state index is 5.39. The molecule has 0 aliphatic carbocycles. The Hall–Kier alpha value is -1.60. The van der Waals surface area contributed by atoms with Crippen molar-refractivity contribution in [2.45, 2.75) is 24.4 Å². The summed E-state index contributed by atoms with van der Waals surface area (Å²) < 4.78 is 10.5. The van der Waals surface area contributed by atoms with Crippen molar-refractivity contribution >= 4 is 11.8 Å². The number of methoxy groups -OCH3 is 1. The third-order valence-corrected chi connectivity index (χ3v) is 3.03. The lowest BCUT2D eigenvalue weighted by atomic mass is 10.3. The van der Waals surface area contributed by atoms with E-state index in [4.69, 9.17) is 14.9 Å². The average molecular weight is 266 g/mol. The lowest BCUT2D eigenvalue weighted by Gasteiger charge is -2.04. The highest BCUT2D eigenvalue weighted by atomic mass is 32.2. The van der Waals surface area contributed by atoms with Gasteiger partial charge >= 0.3 is 0 Å². The molecule has 96 valence electrons. The molecule has 0 aromatic carbocycles. The van der Waals surface area contributed by atoms with E-state index in [-0.39, 0.29) is 6.54 Å². The Kier molecular flexibility index (Phi) is 4.16. The van der Waals surface area contributed by atoms with Gasteiger partial charge in [0.15, 0.2) is 0 Å². The average Bonchev–Trinajstić information content (AvgIpc) is 2.83. The first-order chi connectivity index (χ1) is 8.71. The molecule has 0 saturated carbocycles. The van der Waals surface area contributed by atoms with Gasteiger partial charge in [0.1, 0.15) is 5.75 Å². The number of hydrogen-bond donors (Lipinski definition) is 1. The molecule has 0 spiro atoms. The van der Waals surface area contributed by atoms with Crippen molar-refractivity contribution in [2.24, 2.45) is 5.73 Å². The number of hydrogen-bond acceptors (Lipinski definition) is 7. The summed E-state index contributed by atoms with van der Waals surface area (Å²) in [4.78, 5) is 4.41. The molecule has 0 unspecified atom stereocenters. The van der Waals surface area contributed by atoms with Crippen LogP contribution >= 0.6 is 11.8 Å². The van der Waals surface area contributed by atoms with E-state index in [1.165, 1.54) is 11.8 Å². The molecule has 2 heterocycles. The summed E-state index contributed by atoms with van der Waals surface area (Å²) in [5.41, 5.74) is 7.22. The third-order valence-electron chi connectivity index (χ3n) is 2.18. The molecule has 0 fully saturated rings. The number of rotatable bonds is 5. The van der Waals surface area contributed by atoms with Crippen LogP contribution in [0, 0.1) is 6.92 Å². The second-order valence-electron chi connectivity index (χ2n) is 3.59. The van der Waals surface area contributed by atoms with Gasteiger partial charge in [-0.15, -0.1) is 10.2 Å². The van der Waals surface area contributed by atoms with Gasteiger partial charge in [0.2, 0.25) is 5.89 Å². The highest BCUT2D eigenvalue weighted by Gasteiger charge is 2.07. The molecule has 7 heteroatoms. The van der Waals surface area contributed by atoms with Gasteiger partial charge in [-0.25, -0.2) is 0 Å². The van der Waals surface area contributed by atoms with Crippen LogP contribution in [-0.2, 0) is 12.3 Å². The zero-order valence-corrected chi connectivity index (χ0v) is 11.0. The fourth-order valence-electron chi connectivity index (χ4n) is 1.41. The van der Waals surface area contributed by atoms with Gasteiger partial charge in [0.05, 0.1) is 19.3 Å². The largest absolute Gasteiger partial charge is 0.497 e. The molecule has 2 aromatic rings. The molecule has 18 heavy (non-hydrogen) atoms. The highest BCUT2D eigenvalue weighted by molar-refractivity contribution is 7.98. The number of thioether (sulfide) groups is 1. The standard InChI is InChI=1S/C11H14N4O2S/c1-7-3-9(16-2)4-8(13-7)6-18-11-15-14-10(5-12)17-11/h3-4H,5-6,12H2,1-2H3. The van der Waals surface area contributed by atoms with Gasteiger partial charge in [-0.3, -0.25) is 4.98 Å². The fraction of sp³-hybridized carbons (Fsp3) is 0.364. The lowest BCUT2D eigenvalue weighted by molar-refractivity contribution is 0.412. The molecule has 0 bridgehead atoms. The van der Waals surface area contributed by atoms with Crippen LogP contribution in [0.15, 0.2) is 21.8 Å². The van der Waals surface area contributed by atoms with E-state index in [2.05, 4.69) is 15.2 Å². The number of aromatic nitrogens is 3. The van der Waals surface area contributed by atoms with Gasteiger partial charge in [0.25, 0.3) is 5.22 Å². The molecular weight excluding hydrogens is 252 g/mol. The number of ether oxygens (including phenoxy) is 1. The predicted molar refractivity (Wildman–Crippen MR) is 67.3 cm³/mol. The zero-order chi connectivity index (χ0) is 13.0. The molecule has 0 atom stereocenters. The van der Waals surface area contributed by atoms with Crippen LogP contribution in [0.4, 0.5) is 0 Å². The van der Waals surface area contributed by atoms with Gasteiger partial charge in [-0.2, -0.15) is 0 Å². The second kappa shape index (κ2) is 5.83. The smallest absolute Gasteiger partial charge is 0.277 e. The van der Waals surface area contributed by atoms with Gasteiger partial charge in [-0.05, 0) is 6.92 Å². The van der Waals surface area contributed by atoms with Gasteiger partial charge in [-0.1, -0.05) is 11.8 Å². The number of pyridine rings is 1. The molecule has 2 aromatic heterocycles. The topological polar surface area (TPSA) is 87.1 Å². The summed E-state index contributed by atoms with van der Waals surface area (Å²) in [6.07, 6.45) is 0. The fourth-order valence-corrected chi connectivity index (χ4v) is 2.08. The monoisotopic (exact) mass is 266 g/mol. The Labute approximate surface area is 109 Å². The van der Waals surface area contributed by atoms with Crippen molar-refractivity contribution in [3.8, 4) is 5.75 Å². The number of aryl methyl sites for hydroxylation is 1. The van der Waals surface area contributed by atoms with Gasteiger partial charge < -0.3 is 14.9 Å². The molecule has 0 radical (unpaired) electrons. The minimum absolute atomic E-state index is 0.254. The first-order valence-corrected chi connectivity index (χ1v) is 6.36. The highest BCUT2D eigenvalue weighted by Crippen LogP contribution is 2.22. The number of nitrogens with zero attached hydrogens (tertiary/aromatic N) is 3. The molecular formula is C11H14N4O2S. The van der Waals surface area contributed by atoms with E-state index >= 15 is 0 Å². The maximum Gasteiger partial charge on any atom is 0.277 e. The Morgan fingerprint density at radius 1 is 1.39 bits per heavy atom. The molecule has 0 aliphatic heterocycles. The zero-order valence-electron chi connectivity index (χ0n) is 10.2. The molecule has 0 aliphatic rings. The van der Waals surface area contributed by atoms with Crippen LogP contribution in [0.2, 0.25) is 0 Å². The van der Waals surface area contributed by atoms with E-state index in [9.17, 15) is 0 Å². The van der Waals surface area contributed by atoms with Gasteiger partial charge in [0, 0.05) is 23.6 Å². The second-order valence-corrected chi connectivity index (χ2v) is 4.52. The normalized spacial score (nSPS) is 10.6. The summed E-state index contributed by atoms with van der Waals surface area (Å²) in [5, 5.41) is 8.16. The minimum atomic E-state index is 0.254. The Bertz CT molecular complexity index is 530. The van der Waals surface area contributed by atoms with Crippen molar-refractivity contribution in [1.29, 1.82) is 0 Å². The maximum atomic E-state index is 5.39. The van der Waals surface area contributed by atoms with Crippen LogP contribution in [0.3, 0.4) is 0 Å². The van der Waals surface area contributed by atoms with E-state index in [0.717, 1.165) is 17.1 Å². The SMILES string of the molecule is COc1cc(C)nc(CSc2nnc(CN)o2)c1. The summed E-state index contributed by atoms with van der Waals surface area (Å²) in [7, 11) is 1.64. The van der Waals surface area contributed by atoms with Crippen LogP contribution < -0.4 is 10.5 Å². The van der Waals surface area contributed by atoms with E-state index in [1.807, 2.05) is 19.1 Å². The quantitative estimate of drug-likeness (QED) is 0.821. The van der Waals surface area contributed by atoms with E-state index in [0.29, 0.717) is 16.9 Å². The van der Waals surface area contributed by atoms with Crippen molar-refractivity contribution in [3.05, 3.63) is 29.4 Å². The van der Waals surface area contributed by atoms with Crippen LogP contribution in [0.25, 0.3) is 0 Å². The molecule has 0 amide bonds. The molecule has 2 N–H and O–H groups in total.